The van der Waals surface area contributed by atoms with Gasteiger partial charge in [-0.05, 0) is 41.8 Å². The van der Waals surface area contributed by atoms with E-state index < -0.39 is 0 Å². The fourth-order valence-corrected chi connectivity index (χ4v) is 4.47. The van der Waals surface area contributed by atoms with Gasteiger partial charge in [-0.15, -0.1) is 0 Å². The van der Waals surface area contributed by atoms with E-state index in [4.69, 9.17) is 16.3 Å². The number of aromatic nitrogens is 1. The lowest BCUT2D eigenvalue weighted by Crippen LogP contribution is -2.47. The van der Waals surface area contributed by atoms with Crippen molar-refractivity contribution in [2.24, 2.45) is 0 Å². The van der Waals surface area contributed by atoms with E-state index in [2.05, 4.69) is 51.3 Å². The fraction of sp³-hybridized carbons (Fsp3) is 0.364. The molecule has 2 aliphatic heterocycles. The maximum atomic E-state index is 6.17. The van der Waals surface area contributed by atoms with Gasteiger partial charge in [-0.2, -0.15) is 0 Å². The zero-order chi connectivity index (χ0) is 18.2. The van der Waals surface area contributed by atoms with Crippen molar-refractivity contribution in [2.75, 3.05) is 44.2 Å². The lowest BCUT2D eigenvalue weighted by Gasteiger charge is -2.36. The second kappa shape index (κ2) is 7.10. The number of nitrogens with zero attached hydrogens (tertiary/aromatic N) is 2. The quantitative estimate of drug-likeness (QED) is 0.737. The standard InChI is InChI=1S/C22H24ClN3O/c23-18-4-5-20-19(14-18)17(15-24-20)6-8-25-9-11-26(12-10-25)21-3-1-2-16-7-13-27-22(16)21/h1-5,14-15,24H,6-13H2. The molecular formula is C22H24ClN3O. The molecule has 0 amide bonds. The number of aromatic amines is 1. The molecule has 1 N–H and O–H groups in total. The molecule has 0 bridgehead atoms. The molecule has 3 aromatic rings. The molecule has 0 radical (unpaired) electrons. The minimum atomic E-state index is 0.801. The third kappa shape index (κ3) is 3.28. The molecule has 1 fully saturated rings. The van der Waals surface area contributed by atoms with Crippen molar-refractivity contribution in [1.82, 2.24) is 9.88 Å². The molecule has 0 atom stereocenters. The van der Waals surface area contributed by atoms with Crippen LogP contribution < -0.4 is 9.64 Å². The molecule has 1 saturated heterocycles. The lowest BCUT2D eigenvalue weighted by molar-refractivity contribution is 0.260. The van der Waals surface area contributed by atoms with Crippen LogP contribution in [-0.4, -0.2) is 49.2 Å². The second-order valence-electron chi connectivity index (χ2n) is 7.45. The summed E-state index contributed by atoms with van der Waals surface area (Å²) in [5.41, 5.74) is 5.14. The van der Waals surface area contributed by atoms with Crippen LogP contribution >= 0.6 is 11.6 Å². The van der Waals surface area contributed by atoms with E-state index in [0.29, 0.717) is 0 Å². The average Bonchev–Trinajstić information content (AvgIpc) is 3.33. The monoisotopic (exact) mass is 381 g/mol. The number of hydrogen-bond acceptors (Lipinski definition) is 3. The van der Waals surface area contributed by atoms with Gasteiger partial charge in [-0.25, -0.2) is 0 Å². The van der Waals surface area contributed by atoms with Crippen LogP contribution in [0.15, 0.2) is 42.6 Å². The van der Waals surface area contributed by atoms with Crippen LogP contribution in [0.1, 0.15) is 11.1 Å². The molecule has 0 unspecified atom stereocenters. The van der Waals surface area contributed by atoms with Crippen molar-refractivity contribution in [3.63, 3.8) is 0 Å². The van der Waals surface area contributed by atoms with E-state index in [9.17, 15) is 0 Å². The normalized spacial score (nSPS) is 17.3. The molecule has 1 aromatic heterocycles. The number of hydrogen-bond donors (Lipinski definition) is 1. The Morgan fingerprint density at radius 1 is 1.07 bits per heavy atom. The topological polar surface area (TPSA) is 31.5 Å². The molecule has 2 aliphatic rings. The molecule has 27 heavy (non-hydrogen) atoms. The Balaban J connectivity index is 1.21. The maximum absolute atomic E-state index is 6.17. The van der Waals surface area contributed by atoms with Gasteiger partial charge in [0.15, 0.2) is 0 Å². The summed E-state index contributed by atoms with van der Waals surface area (Å²) in [4.78, 5) is 8.39. The van der Waals surface area contributed by atoms with E-state index in [-0.39, 0.29) is 0 Å². The van der Waals surface area contributed by atoms with Crippen molar-refractivity contribution in [3.8, 4) is 5.75 Å². The molecule has 4 nitrogen and oxygen atoms in total. The summed E-state index contributed by atoms with van der Waals surface area (Å²) >= 11 is 6.17. The molecule has 2 aromatic carbocycles. The van der Waals surface area contributed by atoms with Gasteiger partial charge < -0.3 is 14.6 Å². The summed E-state index contributed by atoms with van der Waals surface area (Å²) in [5, 5.41) is 2.05. The Kier molecular flexibility index (Phi) is 4.46. The van der Waals surface area contributed by atoms with Gasteiger partial charge in [0.05, 0.1) is 12.3 Å². The van der Waals surface area contributed by atoms with E-state index in [0.717, 1.165) is 68.5 Å². The highest BCUT2D eigenvalue weighted by molar-refractivity contribution is 6.31. The Hall–Kier alpha value is -2.17. The number of fused-ring (bicyclic) bond motifs is 2. The smallest absolute Gasteiger partial charge is 0.145 e. The van der Waals surface area contributed by atoms with Crippen LogP contribution in [0.4, 0.5) is 5.69 Å². The zero-order valence-corrected chi connectivity index (χ0v) is 16.1. The van der Waals surface area contributed by atoms with Gasteiger partial charge in [-0.3, -0.25) is 4.90 Å². The molecule has 5 heteroatoms. The predicted molar refractivity (Wildman–Crippen MR) is 111 cm³/mol. The van der Waals surface area contributed by atoms with Crippen LogP contribution in [0.3, 0.4) is 0 Å². The molecule has 5 rings (SSSR count). The first-order valence-electron chi connectivity index (χ1n) is 9.75. The third-order valence-electron chi connectivity index (χ3n) is 5.83. The van der Waals surface area contributed by atoms with Gasteiger partial charge >= 0.3 is 0 Å². The van der Waals surface area contributed by atoms with Crippen molar-refractivity contribution < 1.29 is 4.74 Å². The first-order valence-corrected chi connectivity index (χ1v) is 10.1. The summed E-state index contributed by atoms with van der Waals surface area (Å²) in [6.07, 6.45) is 4.21. The minimum absolute atomic E-state index is 0.801. The van der Waals surface area contributed by atoms with E-state index in [1.165, 1.54) is 22.2 Å². The van der Waals surface area contributed by atoms with Crippen LogP contribution in [-0.2, 0) is 12.8 Å². The van der Waals surface area contributed by atoms with Gasteiger partial charge in [0.25, 0.3) is 0 Å². The number of para-hydroxylation sites is 1. The molecule has 0 aliphatic carbocycles. The summed E-state index contributed by atoms with van der Waals surface area (Å²) in [6.45, 7) is 6.19. The third-order valence-corrected chi connectivity index (χ3v) is 6.07. The molecular weight excluding hydrogens is 358 g/mol. The number of ether oxygens (including phenoxy) is 1. The first kappa shape index (κ1) is 17.0. The van der Waals surface area contributed by atoms with Crippen LogP contribution in [0.25, 0.3) is 10.9 Å². The molecule has 140 valence electrons. The number of piperazine rings is 1. The summed E-state index contributed by atoms with van der Waals surface area (Å²) < 4.78 is 5.89. The van der Waals surface area contributed by atoms with E-state index in [1.54, 1.807) is 0 Å². The van der Waals surface area contributed by atoms with E-state index >= 15 is 0 Å². The minimum Gasteiger partial charge on any atom is -0.491 e. The Morgan fingerprint density at radius 3 is 2.85 bits per heavy atom. The first-order chi connectivity index (χ1) is 13.3. The van der Waals surface area contributed by atoms with Gasteiger partial charge in [-0.1, -0.05) is 23.7 Å². The summed E-state index contributed by atoms with van der Waals surface area (Å²) in [6, 6.07) is 12.6. The number of H-pyrrole nitrogens is 1. The van der Waals surface area contributed by atoms with Crippen LogP contribution in [0.5, 0.6) is 5.75 Å². The highest BCUT2D eigenvalue weighted by atomic mass is 35.5. The second-order valence-corrected chi connectivity index (χ2v) is 7.88. The van der Waals surface area contributed by atoms with Crippen molar-refractivity contribution in [3.05, 3.63) is 58.7 Å². The number of halogens is 1. The summed E-state index contributed by atoms with van der Waals surface area (Å²) in [5.74, 6) is 1.11. The van der Waals surface area contributed by atoms with E-state index in [1.807, 2.05) is 6.07 Å². The summed E-state index contributed by atoms with van der Waals surface area (Å²) in [7, 11) is 0. The molecule has 0 saturated carbocycles. The number of nitrogens with one attached hydrogen (secondary N) is 1. The maximum Gasteiger partial charge on any atom is 0.145 e. The van der Waals surface area contributed by atoms with Crippen molar-refractivity contribution in [2.45, 2.75) is 12.8 Å². The molecule has 0 spiro atoms. The largest absolute Gasteiger partial charge is 0.491 e. The fourth-order valence-electron chi connectivity index (χ4n) is 4.30. The Morgan fingerprint density at radius 2 is 1.96 bits per heavy atom. The van der Waals surface area contributed by atoms with Crippen LogP contribution in [0.2, 0.25) is 5.02 Å². The van der Waals surface area contributed by atoms with Gasteiger partial charge in [0.1, 0.15) is 5.75 Å². The van der Waals surface area contributed by atoms with Crippen molar-refractivity contribution in [1.29, 1.82) is 0 Å². The van der Waals surface area contributed by atoms with Gasteiger partial charge in [0.2, 0.25) is 0 Å². The highest BCUT2D eigenvalue weighted by Gasteiger charge is 2.23. The zero-order valence-electron chi connectivity index (χ0n) is 15.4. The molecule has 3 heterocycles. The highest BCUT2D eigenvalue weighted by Crippen LogP contribution is 2.36. The Bertz CT molecular complexity index is 959. The Labute approximate surface area is 164 Å². The number of anilines is 1. The van der Waals surface area contributed by atoms with Crippen LogP contribution in [0, 0.1) is 0 Å². The number of rotatable bonds is 4. The van der Waals surface area contributed by atoms with Crippen molar-refractivity contribution >= 4 is 28.2 Å². The number of benzene rings is 2. The predicted octanol–water partition coefficient (Wildman–Crippen LogP) is 4.12. The lowest BCUT2D eigenvalue weighted by atomic mass is 10.1. The van der Waals surface area contributed by atoms with Gasteiger partial charge in [0, 0.05) is 61.3 Å². The SMILES string of the molecule is Clc1ccc2[nH]cc(CCN3CCN(c4cccc5c4OCC5)CC3)c2c1. The average molecular weight is 382 g/mol.